The van der Waals surface area contributed by atoms with E-state index in [-0.39, 0.29) is 29.0 Å². The minimum atomic E-state index is -0.736. The molecule has 8 rings (SSSR count). The van der Waals surface area contributed by atoms with Gasteiger partial charge in [-0.25, -0.2) is 9.97 Å². The molecule has 0 saturated carbocycles. The third-order valence-electron chi connectivity index (χ3n) is 10.1. The van der Waals surface area contributed by atoms with Crippen molar-refractivity contribution in [2.45, 2.75) is 38.5 Å². The summed E-state index contributed by atoms with van der Waals surface area (Å²) in [5.74, 6) is -1.39. The van der Waals surface area contributed by atoms with Crippen LogP contribution in [-0.2, 0) is 10.8 Å². The molecule has 4 aromatic carbocycles. The SMILES string of the molecule is CC(C)(C#N)c1cccc(C(=O)Nc2ccc(Br)c(NC(=O)c3cc4nccnc4s3)c2)c1.CC(C)(C#N)c1cccc(C(=O)Nc2ccc(C#N)c(NC(=O)c3cc4nccnc4s3)c2)c1. The van der Waals surface area contributed by atoms with Crippen LogP contribution in [0.3, 0.4) is 0 Å². The van der Waals surface area contributed by atoms with Crippen molar-refractivity contribution >= 4 is 106 Å². The van der Waals surface area contributed by atoms with E-state index in [2.05, 4.69) is 69.3 Å². The normalized spacial score (nSPS) is 11.0. The Balaban J connectivity index is 0.000000199. The van der Waals surface area contributed by atoms with Gasteiger partial charge < -0.3 is 21.3 Å². The largest absolute Gasteiger partial charge is 0.322 e. The smallest absolute Gasteiger partial charge is 0.265 e. The standard InChI is InChI=1S/C25H18N6O2S.C24H18BrN5O2S/c1-25(2,14-27)17-5-3-4-15(10-17)22(32)30-18-7-6-16(13-26)19(11-18)31-23(33)21-12-20-24(34-21)29-9-8-28-20;1-24(2,13-26)15-5-3-4-14(10-15)21(31)29-16-6-7-17(25)18(11-16)30-22(32)20-12-19-23(33-20)28-9-8-27-19/h3-12H,1-2H3,(H,30,32)(H,31,33);3-12H,1-2H3,(H,29,31)(H,30,32). The van der Waals surface area contributed by atoms with E-state index < -0.39 is 16.7 Å². The van der Waals surface area contributed by atoms with E-state index in [9.17, 15) is 35.0 Å². The molecule has 4 amide bonds. The lowest BCUT2D eigenvalue weighted by atomic mass is 9.85. The third kappa shape index (κ3) is 11.0. The number of benzene rings is 4. The van der Waals surface area contributed by atoms with Crippen molar-refractivity contribution in [2.24, 2.45) is 0 Å². The number of halogens is 1. The Morgan fingerprint density at radius 3 is 1.45 bits per heavy atom. The molecule has 0 atom stereocenters. The highest BCUT2D eigenvalue weighted by Gasteiger charge is 2.23. The first kappa shape index (κ1) is 46.8. The quantitative estimate of drug-likeness (QED) is 0.100. The Morgan fingerprint density at radius 2 is 0.985 bits per heavy atom. The molecule has 0 aliphatic rings. The van der Waals surface area contributed by atoms with Crippen molar-refractivity contribution in [3.05, 3.63) is 164 Å². The Labute approximate surface area is 400 Å². The predicted octanol–water partition coefficient (Wildman–Crippen LogP) is 10.6. The molecule has 4 aromatic heterocycles. The number of thiophene rings is 2. The van der Waals surface area contributed by atoms with Crippen LogP contribution in [0, 0.1) is 34.0 Å². The molecule has 330 valence electrons. The summed E-state index contributed by atoms with van der Waals surface area (Å²) in [6, 6.07) is 33.5. The number of rotatable bonds is 10. The van der Waals surface area contributed by atoms with Crippen LogP contribution in [0.5, 0.6) is 0 Å². The van der Waals surface area contributed by atoms with E-state index in [0.29, 0.717) is 63.1 Å². The van der Waals surface area contributed by atoms with Gasteiger partial charge in [-0.05, 0) is 128 Å². The molecule has 8 aromatic rings. The van der Waals surface area contributed by atoms with Gasteiger partial charge in [0.2, 0.25) is 0 Å². The molecule has 0 fully saturated rings. The van der Waals surface area contributed by atoms with Crippen LogP contribution in [0.4, 0.5) is 22.7 Å². The topological polar surface area (TPSA) is 239 Å². The monoisotopic (exact) mass is 985 g/mol. The van der Waals surface area contributed by atoms with Crippen LogP contribution in [0.15, 0.2) is 126 Å². The number of nitrogens with one attached hydrogen (secondary N) is 4. The second-order valence-corrected chi connectivity index (χ2v) is 18.6. The maximum Gasteiger partial charge on any atom is 0.265 e. The van der Waals surface area contributed by atoms with E-state index in [0.717, 1.165) is 11.1 Å². The molecule has 67 heavy (non-hydrogen) atoms. The molecule has 0 unspecified atom stereocenters. The Kier molecular flexibility index (Phi) is 13.9. The van der Waals surface area contributed by atoms with E-state index in [1.165, 1.54) is 34.8 Å². The summed E-state index contributed by atoms with van der Waals surface area (Å²) in [5, 5.41) is 39.4. The second kappa shape index (κ2) is 19.9. The molecule has 0 saturated heterocycles. The van der Waals surface area contributed by atoms with Gasteiger partial charge in [-0.1, -0.05) is 24.3 Å². The van der Waals surface area contributed by atoms with Gasteiger partial charge in [0.1, 0.15) is 26.8 Å². The van der Waals surface area contributed by atoms with E-state index in [4.69, 9.17) is 0 Å². The lowest BCUT2D eigenvalue weighted by molar-refractivity contribution is 0.101. The number of fused-ring (bicyclic) bond motifs is 2. The summed E-state index contributed by atoms with van der Waals surface area (Å²) < 4.78 is 0.670. The van der Waals surface area contributed by atoms with Crippen LogP contribution in [0.2, 0.25) is 0 Å². The number of hydrogen-bond acceptors (Lipinski definition) is 13. The highest BCUT2D eigenvalue weighted by molar-refractivity contribution is 9.10. The molecular weight excluding hydrogens is 951 g/mol. The van der Waals surface area contributed by atoms with Crippen molar-refractivity contribution in [2.75, 3.05) is 21.3 Å². The fraction of sp³-hybridized carbons (Fsp3) is 0.122. The third-order valence-corrected chi connectivity index (χ3v) is 12.9. The average molecular weight is 987 g/mol. The van der Waals surface area contributed by atoms with E-state index >= 15 is 0 Å². The summed E-state index contributed by atoms with van der Waals surface area (Å²) >= 11 is 5.89. The first-order chi connectivity index (χ1) is 32.1. The van der Waals surface area contributed by atoms with Gasteiger partial charge in [0.05, 0.1) is 49.7 Å². The van der Waals surface area contributed by atoms with Gasteiger partial charge in [-0.3, -0.25) is 29.1 Å². The summed E-state index contributed by atoms with van der Waals surface area (Å²) in [4.78, 5) is 70.2. The van der Waals surface area contributed by atoms with Crippen molar-refractivity contribution < 1.29 is 19.2 Å². The van der Waals surface area contributed by atoms with Gasteiger partial charge in [-0.15, -0.1) is 22.7 Å². The zero-order chi connectivity index (χ0) is 47.9. The average Bonchev–Trinajstić information content (AvgIpc) is 3.99. The maximum absolute atomic E-state index is 12.8. The first-order valence-electron chi connectivity index (χ1n) is 20.1. The zero-order valence-electron chi connectivity index (χ0n) is 36.0. The Morgan fingerprint density at radius 1 is 0.537 bits per heavy atom. The highest BCUT2D eigenvalue weighted by atomic mass is 79.9. The minimum Gasteiger partial charge on any atom is -0.322 e. The summed E-state index contributed by atoms with van der Waals surface area (Å²) in [6.45, 7) is 7.16. The fourth-order valence-corrected chi connectivity index (χ4v) is 8.34. The van der Waals surface area contributed by atoms with Crippen LogP contribution >= 0.6 is 38.6 Å². The summed E-state index contributed by atoms with van der Waals surface area (Å²) in [7, 11) is 0. The van der Waals surface area contributed by atoms with Gasteiger partial charge in [0, 0.05) is 51.8 Å². The van der Waals surface area contributed by atoms with Crippen molar-refractivity contribution in [1.29, 1.82) is 15.8 Å². The number of nitrogens with zero attached hydrogens (tertiary/aromatic N) is 7. The number of hydrogen-bond donors (Lipinski definition) is 4. The zero-order valence-corrected chi connectivity index (χ0v) is 39.2. The van der Waals surface area contributed by atoms with Crippen molar-refractivity contribution in [1.82, 2.24) is 19.9 Å². The van der Waals surface area contributed by atoms with Gasteiger partial charge in [-0.2, -0.15) is 15.8 Å². The molecule has 0 aliphatic carbocycles. The van der Waals surface area contributed by atoms with Crippen LogP contribution in [-0.4, -0.2) is 43.6 Å². The number of anilines is 4. The van der Waals surface area contributed by atoms with Gasteiger partial charge >= 0.3 is 0 Å². The fourth-order valence-electron chi connectivity index (χ4n) is 6.29. The number of carbonyl (C=O) groups excluding carboxylic acids is 4. The molecule has 18 heteroatoms. The number of aromatic nitrogens is 4. The van der Waals surface area contributed by atoms with Crippen molar-refractivity contribution in [3.8, 4) is 18.2 Å². The molecule has 0 radical (unpaired) electrons. The van der Waals surface area contributed by atoms with Crippen molar-refractivity contribution in [3.63, 3.8) is 0 Å². The molecular formula is C49H36BrN11O4S2. The first-order valence-corrected chi connectivity index (χ1v) is 22.5. The molecule has 0 bridgehead atoms. The summed E-state index contributed by atoms with van der Waals surface area (Å²) in [5.41, 5.74) is 4.10. The van der Waals surface area contributed by atoms with Crippen LogP contribution in [0.1, 0.15) is 84.4 Å². The predicted molar refractivity (Wildman–Crippen MR) is 262 cm³/mol. The maximum atomic E-state index is 12.8. The van der Waals surface area contributed by atoms with E-state index in [1.807, 2.05) is 12.1 Å². The molecule has 0 aliphatic heterocycles. The molecule has 15 nitrogen and oxygen atoms in total. The van der Waals surface area contributed by atoms with Crippen LogP contribution < -0.4 is 21.3 Å². The number of amides is 4. The highest BCUT2D eigenvalue weighted by Crippen LogP contribution is 2.31. The lowest BCUT2D eigenvalue weighted by Crippen LogP contribution is -2.17. The minimum absolute atomic E-state index is 0.251. The summed E-state index contributed by atoms with van der Waals surface area (Å²) in [6.07, 6.45) is 6.27. The Hall–Kier alpha value is -8.21. The Bertz CT molecular complexity index is 3310. The lowest BCUT2D eigenvalue weighted by Gasteiger charge is -2.16. The van der Waals surface area contributed by atoms with E-state index in [1.54, 1.807) is 131 Å². The van der Waals surface area contributed by atoms with Gasteiger partial charge in [0.15, 0.2) is 0 Å². The number of nitriles is 3. The molecule has 4 heterocycles. The second-order valence-electron chi connectivity index (χ2n) is 15.7. The molecule has 4 N–H and O–H groups in total. The van der Waals surface area contributed by atoms with Crippen LogP contribution in [0.25, 0.3) is 20.7 Å². The number of carbonyl (C=O) groups is 4. The molecule has 0 spiro atoms. The van der Waals surface area contributed by atoms with Gasteiger partial charge in [0.25, 0.3) is 23.6 Å².